The van der Waals surface area contributed by atoms with Gasteiger partial charge in [0.2, 0.25) is 5.91 Å². The molecule has 2 heterocycles. The molecule has 7 heteroatoms. The Morgan fingerprint density at radius 2 is 2.00 bits per heavy atom. The number of nitrogens with one attached hydrogen (secondary N) is 1. The summed E-state index contributed by atoms with van der Waals surface area (Å²) in [5.74, 6) is 2.08. The van der Waals surface area contributed by atoms with Gasteiger partial charge in [-0.3, -0.25) is 4.79 Å². The van der Waals surface area contributed by atoms with Crippen molar-refractivity contribution in [3.05, 3.63) is 12.1 Å². The fourth-order valence-electron chi connectivity index (χ4n) is 3.01. The number of nitrogens with zero attached hydrogens (tertiary/aromatic N) is 3. The summed E-state index contributed by atoms with van der Waals surface area (Å²) in [6.07, 6.45) is 8.83. The maximum absolute atomic E-state index is 11.5. The van der Waals surface area contributed by atoms with Gasteiger partial charge in [-0.1, -0.05) is 0 Å². The molecular formula is C19H34N4O2S. The predicted molar refractivity (Wildman–Crippen MR) is 112 cm³/mol. The smallest absolute Gasteiger partial charge is 0.219 e. The average Bonchev–Trinajstić information content (AvgIpc) is 2.59. The lowest BCUT2D eigenvalue weighted by Gasteiger charge is -2.33. The molecule has 1 fully saturated rings. The van der Waals surface area contributed by atoms with Crippen molar-refractivity contribution < 1.29 is 9.53 Å². The van der Waals surface area contributed by atoms with Gasteiger partial charge >= 0.3 is 0 Å². The molecule has 0 unspecified atom stereocenters. The highest BCUT2D eigenvalue weighted by molar-refractivity contribution is 8.32. The maximum Gasteiger partial charge on any atom is 0.219 e. The van der Waals surface area contributed by atoms with Gasteiger partial charge in [-0.2, -0.15) is 0 Å². The molecule has 0 aliphatic carbocycles. The van der Waals surface area contributed by atoms with E-state index in [1.807, 2.05) is 4.90 Å². The van der Waals surface area contributed by atoms with Crippen molar-refractivity contribution in [2.45, 2.75) is 30.7 Å². The van der Waals surface area contributed by atoms with Crippen molar-refractivity contribution in [3.8, 4) is 0 Å². The molecule has 1 aliphatic heterocycles. The first-order valence-corrected chi connectivity index (χ1v) is 12.0. The summed E-state index contributed by atoms with van der Waals surface area (Å²) in [5.41, 5.74) is 0. The van der Waals surface area contributed by atoms with Gasteiger partial charge in [0.25, 0.3) is 0 Å². The Balaban J connectivity index is 2.15. The normalized spacial score (nSPS) is 16.5. The maximum atomic E-state index is 11.5. The molecule has 1 aliphatic rings. The number of amides is 1. The topological polar surface area (TPSA) is 57.7 Å². The molecule has 1 aromatic rings. The fourth-order valence-corrected chi connectivity index (χ4v) is 3.93. The van der Waals surface area contributed by atoms with E-state index in [9.17, 15) is 4.79 Å². The number of carbonyl (C=O) groups excluding carboxylic acids is 1. The van der Waals surface area contributed by atoms with Gasteiger partial charge in [-0.05, 0) is 48.6 Å². The number of likely N-dealkylation sites (N-methyl/N-ethyl adjacent to an activating group) is 1. The van der Waals surface area contributed by atoms with E-state index in [1.54, 1.807) is 14.0 Å². The quantitative estimate of drug-likeness (QED) is 0.786. The molecule has 0 bridgehead atoms. The average molecular weight is 383 g/mol. The molecule has 26 heavy (non-hydrogen) atoms. The lowest BCUT2D eigenvalue weighted by Crippen LogP contribution is -2.41. The number of piperidine rings is 1. The second-order valence-corrected chi connectivity index (χ2v) is 11.9. The lowest BCUT2D eigenvalue weighted by molar-refractivity contribution is -0.129. The minimum atomic E-state index is -0.853. The molecule has 6 nitrogen and oxygen atoms in total. The van der Waals surface area contributed by atoms with Gasteiger partial charge in [-0.25, -0.2) is 15.0 Å². The summed E-state index contributed by atoms with van der Waals surface area (Å²) in [5, 5.41) is 3.61. The van der Waals surface area contributed by atoms with Crippen molar-refractivity contribution in [1.82, 2.24) is 9.88 Å². The van der Waals surface area contributed by atoms with Gasteiger partial charge < -0.3 is 19.9 Å². The zero-order valence-electron chi connectivity index (χ0n) is 17.0. The van der Waals surface area contributed by atoms with Crippen LogP contribution in [0, 0.1) is 0 Å². The van der Waals surface area contributed by atoms with Crippen LogP contribution in [0.15, 0.2) is 17.0 Å². The molecule has 1 aromatic heterocycles. The van der Waals surface area contributed by atoms with Crippen LogP contribution in [-0.4, -0.2) is 81.0 Å². The van der Waals surface area contributed by atoms with E-state index in [4.69, 9.17) is 9.72 Å². The first-order chi connectivity index (χ1) is 12.2. The summed E-state index contributed by atoms with van der Waals surface area (Å²) in [6.45, 7) is 4.77. The molecule has 148 valence electrons. The number of pyridine rings is 1. The van der Waals surface area contributed by atoms with Crippen LogP contribution >= 0.6 is 10.0 Å². The van der Waals surface area contributed by atoms with E-state index >= 15 is 0 Å². The van der Waals surface area contributed by atoms with Crippen LogP contribution in [0.3, 0.4) is 0 Å². The number of anilines is 2. The highest BCUT2D eigenvalue weighted by Gasteiger charge is 2.22. The van der Waals surface area contributed by atoms with E-state index in [0.29, 0.717) is 12.6 Å². The zero-order valence-corrected chi connectivity index (χ0v) is 17.9. The summed E-state index contributed by atoms with van der Waals surface area (Å²) in [7, 11) is 2.92. The molecular weight excluding hydrogens is 348 g/mol. The van der Waals surface area contributed by atoms with Gasteiger partial charge in [-0.15, -0.1) is 0 Å². The Bertz CT molecular complexity index is 610. The first kappa shape index (κ1) is 20.8. The number of methoxy groups -OCH3 is 1. The Hall–Kier alpha value is -1.47. The molecule has 1 saturated heterocycles. The van der Waals surface area contributed by atoms with E-state index in [-0.39, 0.29) is 5.91 Å². The predicted octanol–water partition coefficient (Wildman–Crippen LogP) is 2.64. The number of carbonyl (C=O) groups is 1. The molecule has 0 atom stereocenters. The zero-order chi connectivity index (χ0) is 19.3. The van der Waals surface area contributed by atoms with Crippen LogP contribution in [0.5, 0.6) is 0 Å². The van der Waals surface area contributed by atoms with E-state index in [0.717, 1.165) is 44.1 Å². The number of rotatable bonds is 7. The number of likely N-dealkylation sites (tertiary alicyclic amines) is 1. The van der Waals surface area contributed by atoms with Crippen LogP contribution < -0.4 is 10.2 Å². The lowest BCUT2D eigenvalue weighted by atomic mass is 10.1. The van der Waals surface area contributed by atoms with Crippen LogP contribution in [0.1, 0.15) is 19.8 Å². The molecule has 1 N–H and O–H groups in total. The van der Waals surface area contributed by atoms with Crippen LogP contribution in [0.25, 0.3) is 0 Å². The van der Waals surface area contributed by atoms with E-state index in [2.05, 4.69) is 48.2 Å². The van der Waals surface area contributed by atoms with Gasteiger partial charge in [0.05, 0.1) is 6.61 Å². The number of hydrogen-bond acceptors (Lipinski definition) is 5. The third-order valence-corrected chi connectivity index (χ3v) is 6.46. The highest BCUT2D eigenvalue weighted by atomic mass is 32.3. The van der Waals surface area contributed by atoms with Crippen molar-refractivity contribution in [2.75, 3.05) is 69.4 Å². The molecule has 0 spiro atoms. The molecule has 0 aromatic carbocycles. The largest absolute Gasteiger partial charge is 0.383 e. The summed E-state index contributed by atoms with van der Waals surface area (Å²) < 4.78 is 5.20. The first-order valence-electron chi connectivity index (χ1n) is 9.13. The van der Waals surface area contributed by atoms with Crippen molar-refractivity contribution in [3.63, 3.8) is 0 Å². The molecule has 2 rings (SSSR count). The van der Waals surface area contributed by atoms with Crippen molar-refractivity contribution in [2.24, 2.45) is 0 Å². The van der Waals surface area contributed by atoms with Crippen molar-refractivity contribution >= 4 is 27.6 Å². The number of hydrogen-bond donors (Lipinski definition) is 1. The van der Waals surface area contributed by atoms with Crippen LogP contribution in [-0.2, 0) is 9.53 Å². The minimum Gasteiger partial charge on any atom is -0.383 e. The highest BCUT2D eigenvalue weighted by Crippen LogP contribution is 2.46. The Morgan fingerprint density at radius 3 is 2.54 bits per heavy atom. The number of ether oxygens (including phenoxy) is 1. The number of aromatic nitrogens is 1. The SMILES string of the molecule is COCCN(C)c1cc(S(C)(C)C)cc(NC2CCN(C(C)=O)CC2)n1. The second kappa shape index (κ2) is 8.95. The van der Waals surface area contributed by atoms with Crippen molar-refractivity contribution in [1.29, 1.82) is 0 Å². The fraction of sp³-hybridized carbons (Fsp3) is 0.684. The summed E-state index contributed by atoms with van der Waals surface area (Å²) >= 11 is 0. The Kier molecular flexibility index (Phi) is 7.17. The Labute approximate surface area is 159 Å². The minimum absolute atomic E-state index is 0.168. The van der Waals surface area contributed by atoms with Gasteiger partial charge in [0, 0.05) is 46.8 Å². The summed E-state index contributed by atoms with van der Waals surface area (Å²) in [4.78, 5) is 21.8. The Morgan fingerprint density at radius 1 is 1.35 bits per heavy atom. The van der Waals surface area contributed by atoms with E-state index < -0.39 is 10.0 Å². The molecule has 0 radical (unpaired) electrons. The standard InChI is InChI=1S/C19H34N4O2S/c1-15(24)23-9-7-16(8-10-23)20-18-13-17(26(4,5)6)14-19(21-18)22(2)11-12-25-3/h13-14,16H,7-12H2,1-6H3,(H,20,21). The van der Waals surface area contributed by atoms with Crippen LogP contribution in [0.2, 0.25) is 0 Å². The molecule has 1 amide bonds. The second-order valence-electron chi connectivity index (χ2n) is 7.72. The van der Waals surface area contributed by atoms with Gasteiger partial charge in [0.1, 0.15) is 11.6 Å². The van der Waals surface area contributed by atoms with Crippen LogP contribution in [0.4, 0.5) is 11.6 Å². The monoisotopic (exact) mass is 382 g/mol. The van der Waals surface area contributed by atoms with E-state index in [1.165, 1.54) is 4.90 Å². The summed E-state index contributed by atoms with van der Waals surface area (Å²) in [6, 6.07) is 4.76. The third kappa shape index (κ3) is 5.77. The third-order valence-electron chi connectivity index (χ3n) is 4.81. The molecule has 0 saturated carbocycles. The van der Waals surface area contributed by atoms with Gasteiger partial charge in [0.15, 0.2) is 0 Å².